The fourth-order valence-corrected chi connectivity index (χ4v) is 3.85. The number of rotatable bonds is 4. The summed E-state index contributed by atoms with van der Waals surface area (Å²) in [4.78, 5) is 17.1. The average molecular weight is 390 g/mol. The van der Waals surface area contributed by atoms with Crippen LogP contribution in [0.1, 0.15) is 32.9 Å². The zero-order valence-corrected chi connectivity index (χ0v) is 17.5. The molecule has 0 N–H and O–H groups in total. The van der Waals surface area contributed by atoms with Crippen LogP contribution in [0.3, 0.4) is 0 Å². The van der Waals surface area contributed by atoms with Crippen molar-refractivity contribution in [3.8, 4) is 11.4 Å². The van der Waals surface area contributed by atoms with E-state index in [0.29, 0.717) is 12.1 Å². The smallest absolute Gasteiger partial charge is 0.254 e. The van der Waals surface area contributed by atoms with Gasteiger partial charge in [0.1, 0.15) is 5.82 Å². The molecule has 0 saturated heterocycles. The standard InChI is InChI=1S/C23H27N5O/c1-16-24-25-22(27(16)4)18-7-9-19(10-8-18)23(29)28-12-11-20-13-17(14-26(2)3)5-6-21(20)15-28/h5-10,13H,11-12,14-15H2,1-4H3. The summed E-state index contributed by atoms with van der Waals surface area (Å²) in [5.74, 6) is 1.75. The Kier molecular flexibility index (Phi) is 5.20. The highest BCUT2D eigenvalue weighted by atomic mass is 16.2. The van der Waals surface area contributed by atoms with Gasteiger partial charge in [-0.15, -0.1) is 10.2 Å². The quantitative estimate of drug-likeness (QED) is 0.688. The number of aryl methyl sites for hydroxylation is 1. The van der Waals surface area contributed by atoms with E-state index in [9.17, 15) is 4.79 Å². The number of amides is 1. The summed E-state index contributed by atoms with van der Waals surface area (Å²) in [6, 6.07) is 14.3. The highest BCUT2D eigenvalue weighted by Crippen LogP contribution is 2.24. The maximum absolute atomic E-state index is 13.0. The SMILES string of the molecule is Cc1nnc(-c2ccc(C(=O)N3CCc4cc(CN(C)C)ccc4C3)cc2)n1C. The van der Waals surface area contributed by atoms with Gasteiger partial charge >= 0.3 is 0 Å². The van der Waals surface area contributed by atoms with Crippen molar-refractivity contribution in [2.45, 2.75) is 26.4 Å². The van der Waals surface area contributed by atoms with Crippen LogP contribution in [0.5, 0.6) is 0 Å². The third-order valence-electron chi connectivity index (χ3n) is 5.55. The first kappa shape index (κ1) is 19.3. The Morgan fingerprint density at radius 3 is 2.48 bits per heavy atom. The molecule has 1 aromatic heterocycles. The molecule has 0 spiro atoms. The zero-order valence-electron chi connectivity index (χ0n) is 17.5. The van der Waals surface area contributed by atoms with Crippen LogP contribution < -0.4 is 0 Å². The van der Waals surface area contributed by atoms with Crippen LogP contribution in [-0.4, -0.2) is 51.1 Å². The third-order valence-corrected chi connectivity index (χ3v) is 5.55. The summed E-state index contributed by atoms with van der Waals surface area (Å²) in [6.07, 6.45) is 0.901. The van der Waals surface area contributed by atoms with Crippen molar-refractivity contribution in [1.82, 2.24) is 24.6 Å². The van der Waals surface area contributed by atoms with Crippen LogP contribution >= 0.6 is 0 Å². The first-order valence-electron chi connectivity index (χ1n) is 9.93. The van der Waals surface area contributed by atoms with Crippen LogP contribution in [0, 0.1) is 6.92 Å². The Labute approximate surface area is 171 Å². The number of carbonyl (C=O) groups is 1. The maximum atomic E-state index is 13.0. The number of hydrogen-bond acceptors (Lipinski definition) is 4. The fourth-order valence-electron chi connectivity index (χ4n) is 3.85. The van der Waals surface area contributed by atoms with Crippen LogP contribution in [0.15, 0.2) is 42.5 Å². The lowest BCUT2D eigenvalue weighted by molar-refractivity contribution is 0.0734. The average Bonchev–Trinajstić information content (AvgIpc) is 3.05. The molecular formula is C23H27N5O. The largest absolute Gasteiger partial charge is 0.334 e. The van der Waals surface area contributed by atoms with Gasteiger partial charge in [0, 0.05) is 37.8 Å². The molecule has 3 aromatic rings. The minimum Gasteiger partial charge on any atom is -0.334 e. The van der Waals surface area contributed by atoms with Crippen molar-refractivity contribution in [3.63, 3.8) is 0 Å². The molecule has 0 fully saturated rings. The van der Waals surface area contributed by atoms with Crippen molar-refractivity contribution in [1.29, 1.82) is 0 Å². The normalized spacial score (nSPS) is 13.6. The highest BCUT2D eigenvalue weighted by molar-refractivity contribution is 5.94. The van der Waals surface area contributed by atoms with E-state index < -0.39 is 0 Å². The highest BCUT2D eigenvalue weighted by Gasteiger charge is 2.22. The van der Waals surface area contributed by atoms with Gasteiger partial charge in [-0.05, 0) is 56.3 Å². The van der Waals surface area contributed by atoms with E-state index in [2.05, 4.69) is 47.4 Å². The molecule has 0 radical (unpaired) electrons. The Morgan fingerprint density at radius 1 is 1.07 bits per heavy atom. The molecule has 29 heavy (non-hydrogen) atoms. The molecule has 2 heterocycles. The molecule has 0 aliphatic carbocycles. The van der Waals surface area contributed by atoms with Gasteiger partial charge in [-0.1, -0.05) is 30.3 Å². The van der Waals surface area contributed by atoms with Crippen molar-refractivity contribution in [3.05, 3.63) is 70.5 Å². The van der Waals surface area contributed by atoms with Gasteiger partial charge in [0.2, 0.25) is 0 Å². The fraction of sp³-hybridized carbons (Fsp3) is 0.348. The molecule has 0 saturated carbocycles. The summed E-state index contributed by atoms with van der Waals surface area (Å²) in [5.41, 5.74) is 5.60. The molecule has 150 valence electrons. The number of aromatic nitrogens is 3. The van der Waals surface area contributed by atoms with Crippen molar-refractivity contribution < 1.29 is 4.79 Å². The second-order valence-electron chi connectivity index (χ2n) is 8.02. The first-order valence-corrected chi connectivity index (χ1v) is 9.93. The Hall–Kier alpha value is -2.99. The number of nitrogens with zero attached hydrogens (tertiary/aromatic N) is 5. The molecule has 1 aliphatic rings. The van der Waals surface area contributed by atoms with Crippen LogP contribution in [0.4, 0.5) is 0 Å². The van der Waals surface area contributed by atoms with Crippen LogP contribution in [0.2, 0.25) is 0 Å². The zero-order chi connectivity index (χ0) is 20.5. The van der Waals surface area contributed by atoms with Gasteiger partial charge < -0.3 is 14.4 Å². The van der Waals surface area contributed by atoms with Crippen molar-refractivity contribution in [2.75, 3.05) is 20.6 Å². The Morgan fingerprint density at radius 2 is 1.83 bits per heavy atom. The lowest BCUT2D eigenvalue weighted by atomic mass is 9.96. The summed E-state index contributed by atoms with van der Waals surface area (Å²) in [5, 5.41) is 8.32. The van der Waals surface area contributed by atoms with Crippen LogP contribution in [0.25, 0.3) is 11.4 Å². The van der Waals surface area contributed by atoms with Crippen molar-refractivity contribution >= 4 is 5.91 Å². The monoisotopic (exact) mass is 389 g/mol. The summed E-state index contributed by atoms with van der Waals surface area (Å²) in [6.45, 7) is 4.28. The lowest BCUT2D eigenvalue weighted by Crippen LogP contribution is -2.36. The molecule has 2 aromatic carbocycles. The van der Waals surface area contributed by atoms with Gasteiger partial charge in [0.25, 0.3) is 5.91 Å². The topological polar surface area (TPSA) is 54.3 Å². The van der Waals surface area contributed by atoms with E-state index in [1.165, 1.54) is 16.7 Å². The maximum Gasteiger partial charge on any atom is 0.254 e. The summed E-state index contributed by atoms with van der Waals surface area (Å²) >= 11 is 0. The summed E-state index contributed by atoms with van der Waals surface area (Å²) < 4.78 is 1.95. The van der Waals surface area contributed by atoms with E-state index in [1.807, 2.05) is 47.7 Å². The third kappa shape index (κ3) is 3.93. The van der Waals surface area contributed by atoms with Gasteiger partial charge in [-0.2, -0.15) is 0 Å². The van der Waals surface area contributed by atoms with E-state index in [4.69, 9.17) is 0 Å². The van der Waals surface area contributed by atoms with E-state index in [1.54, 1.807) is 0 Å². The minimum absolute atomic E-state index is 0.0775. The lowest BCUT2D eigenvalue weighted by Gasteiger charge is -2.29. The molecule has 4 rings (SSSR count). The predicted octanol–water partition coefficient (Wildman–Crippen LogP) is 3.05. The molecule has 0 unspecified atom stereocenters. The Balaban J connectivity index is 1.48. The van der Waals surface area contributed by atoms with Gasteiger partial charge in [-0.3, -0.25) is 4.79 Å². The van der Waals surface area contributed by atoms with Crippen LogP contribution in [-0.2, 0) is 26.6 Å². The molecular weight excluding hydrogens is 362 g/mol. The molecule has 6 heteroatoms. The summed E-state index contributed by atoms with van der Waals surface area (Å²) in [7, 11) is 6.10. The minimum atomic E-state index is 0.0775. The van der Waals surface area contributed by atoms with Gasteiger partial charge in [-0.25, -0.2) is 0 Å². The molecule has 1 aliphatic heterocycles. The number of fused-ring (bicyclic) bond motifs is 1. The Bertz CT molecular complexity index is 1040. The predicted molar refractivity (Wildman–Crippen MR) is 113 cm³/mol. The second kappa shape index (κ2) is 7.79. The van der Waals surface area contributed by atoms with E-state index in [-0.39, 0.29) is 5.91 Å². The molecule has 1 amide bonds. The van der Waals surface area contributed by atoms with E-state index in [0.717, 1.165) is 36.7 Å². The van der Waals surface area contributed by atoms with E-state index >= 15 is 0 Å². The second-order valence-corrected chi connectivity index (χ2v) is 8.02. The van der Waals surface area contributed by atoms with Gasteiger partial charge in [0.05, 0.1) is 0 Å². The number of hydrogen-bond donors (Lipinski definition) is 0. The molecule has 0 bridgehead atoms. The van der Waals surface area contributed by atoms with Crippen molar-refractivity contribution in [2.24, 2.45) is 7.05 Å². The number of carbonyl (C=O) groups excluding carboxylic acids is 1. The first-order chi connectivity index (χ1) is 13.9. The van der Waals surface area contributed by atoms with Gasteiger partial charge in [0.15, 0.2) is 5.82 Å². The molecule has 6 nitrogen and oxygen atoms in total. The number of benzene rings is 2. The molecule has 0 atom stereocenters.